The highest BCUT2D eigenvalue weighted by molar-refractivity contribution is 5.53. The van der Waals surface area contributed by atoms with Gasteiger partial charge < -0.3 is 10.2 Å². The maximum atomic E-state index is 5.52. The van der Waals surface area contributed by atoms with Crippen LogP contribution in [0.5, 0.6) is 0 Å². The fourth-order valence-corrected chi connectivity index (χ4v) is 3.40. The molecule has 3 rings (SSSR count). The van der Waals surface area contributed by atoms with Crippen molar-refractivity contribution in [3.63, 3.8) is 0 Å². The zero-order valence-corrected chi connectivity index (χ0v) is 14.9. The Hall–Kier alpha value is -1.61. The first-order valence-electron chi connectivity index (χ1n) is 8.63. The zero-order chi connectivity index (χ0) is 16.9. The standard InChI is InChI=1S/C11H12N2O.C9H18/c1-8-10(7-12)13-11(14-8)9-5-3-2-4-6-9;1-8-5-4-6-9(2,3)7-8/h2-6H,7,12H2,1H3;8H,4-7H2,1-3H3. The van der Waals surface area contributed by atoms with Crippen molar-refractivity contribution in [3.05, 3.63) is 41.8 Å². The molecular weight excluding hydrogens is 284 g/mol. The second-order valence-electron chi connectivity index (χ2n) is 7.46. The average Bonchev–Trinajstić information content (AvgIpc) is 2.88. The van der Waals surface area contributed by atoms with Crippen molar-refractivity contribution in [2.45, 2.75) is 59.9 Å². The van der Waals surface area contributed by atoms with E-state index in [2.05, 4.69) is 25.8 Å². The number of benzene rings is 1. The predicted molar refractivity (Wildman–Crippen MR) is 96.0 cm³/mol. The van der Waals surface area contributed by atoms with E-state index in [-0.39, 0.29) is 0 Å². The molecule has 3 nitrogen and oxygen atoms in total. The van der Waals surface area contributed by atoms with Gasteiger partial charge in [-0.1, -0.05) is 51.8 Å². The molecule has 0 amide bonds. The maximum absolute atomic E-state index is 5.52. The molecule has 1 aliphatic carbocycles. The minimum atomic E-state index is 0.419. The number of hydrogen-bond donors (Lipinski definition) is 1. The minimum Gasteiger partial charge on any atom is -0.441 e. The molecule has 2 aromatic rings. The van der Waals surface area contributed by atoms with Crippen molar-refractivity contribution in [1.82, 2.24) is 4.98 Å². The lowest BCUT2D eigenvalue weighted by molar-refractivity contribution is 0.191. The summed E-state index contributed by atoms with van der Waals surface area (Å²) in [7, 11) is 0. The number of hydrogen-bond acceptors (Lipinski definition) is 3. The number of oxazole rings is 1. The Morgan fingerprint density at radius 3 is 2.43 bits per heavy atom. The van der Waals surface area contributed by atoms with Crippen molar-refractivity contribution in [1.29, 1.82) is 0 Å². The predicted octanol–water partition coefficient (Wildman–Crippen LogP) is 5.33. The van der Waals surface area contributed by atoms with E-state index in [1.54, 1.807) is 0 Å². The topological polar surface area (TPSA) is 52.0 Å². The minimum absolute atomic E-state index is 0.419. The van der Waals surface area contributed by atoms with Crippen LogP contribution in [0.25, 0.3) is 11.5 Å². The monoisotopic (exact) mass is 314 g/mol. The van der Waals surface area contributed by atoms with Crippen LogP contribution in [-0.2, 0) is 6.54 Å². The Bertz CT molecular complexity index is 601. The molecule has 0 bridgehead atoms. The summed E-state index contributed by atoms with van der Waals surface area (Å²) < 4.78 is 5.50. The Labute approximate surface area is 140 Å². The molecule has 1 aliphatic rings. The molecule has 0 spiro atoms. The second kappa shape index (κ2) is 7.78. The molecule has 1 saturated carbocycles. The van der Waals surface area contributed by atoms with Gasteiger partial charge in [0.25, 0.3) is 0 Å². The molecule has 2 N–H and O–H groups in total. The molecule has 0 radical (unpaired) electrons. The van der Waals surface area contributed by atoms with Gasteiger partial charge in [-0.05, 0) is 43.2 Å². The summed E-state index contributed by atoms with van der Waals surface area (Å²) in [5.74, 6) is 2.42. The van der Waals surface area contributed by atoms with Crippen LogP contribution in [0.4, 0.5) is 0 Å². The van der Waals surface area contributed by atoms with Crippen molar-refractivity contribution >= 4 is 0 Å². The quantitative estimate of drug-likeness (QED) is 0.815. The Morgan fingerprint density at radius 1 is 1.26 bits per heavy atom. The first-order chi connectivity index (χ1) is 10.9. The summed E-state index contributed by atoms with van der Waals surface area (Å²) in [4.78, 5) is 4.31. The van der Waals surface area contributed by atoms with Crippen LogP contribution in [0.2, 0.25) is 0 Å². The first-order valence-corrected chi connectivity index (χ1v) is 8.63. The maximum Gasteiger partial charge on any atom is 0.226 e. The Morgan fingerprint density at radius 2 is 1.96 bits per heavy atom. The molecule has 1 heterocycles. The lowest BCUT2D eigenvalue weighted by atomic mass is 9.73. The van der Waals surface area contributed by atoms with E-state index < -0.39 is 0 Å². The lowest BCUT2D eigenvalue weighted by Gasteiger charge is -2.33. The van der Waals surface area contributed by atoms with Crippen molar-refractivity contribution in [2.24, 2.45) is 17.1 Å². The van der Waals surface area contributed by atoms with Crippen LogP contribution in [-0.4, -0.2) is 4.98 Å². The van der Waals surface area contributed by atoms with E-state index in [1.165, 1.54) is 25.7 Å². The largest absolute Gasteiger partial charge is 0.441 e. The van der Waals surface area contributed by atoms with Gasteiger partial charge >= 0.3 is 0 Å². The van der Waals surface area contributed by atoms with E-state index in [4.69, 9.17) is 10.2 Å². The van der Waals surface area contributed by atoms with Crippen LogP contribution >= 0.6 is 0 Å². The smallest absolute Gasteiger partial charge is 0.226 e. The summed E-state index contributed by atoms with van der Waals surface area (Å²) in [6, 6.07) is 9.80. The fourth-order valence-electron chi connectivity index (χ4n) is 3.40. The number of nitrogens with two attached hydrogens (primary N) is 1. The van der Waals surface area contributed by atoms with E-state index >= 15 is 0 Å². The van der Waals surface area contributed by atoms with Crippen LogP contribution < -0.4 is 5.73 Å². The number of nitrogens with zero attached hydrogens (tertiary/aromatic N) is 1. The van der Waals surface area contributed by atoms with Gasteiger partial charge in [0.15, 0.2) is 0 Å². The van der Waals surface area contributed by atoms with E-state index in [9.17, 15) is 0 Å². The van der Waals surface area contributed by atoms with Crippen molar-refractivity contribution < 1.29 is 4.42 Å². The molecule has 1 aromatic carbocycles. The molecule has 1 aromatic heterocycles. The third-order valence-corrected chi connectivity index (χ3v) is 4.56. The summed E-state index contributed by atoms with van der Waals surface area (Å²) >= 11 is 0. The van der Waals surface area contributed by atoms with Gasteiger partial charge in [0.1, 0.15) is 5.76 Å². The van der Waals surface area contributed by atoms with E-state index in [0.29, 0.717) is 17.9 Å². The number of aryl methyl sites for hydroxylation is 1. The van der Waals surface area contributed by atoms with Gasteiger partial charge in [0.2, 0.25) is 5.89 Å². The highest BCUT2D eigenvalue weighted by Crippen LogP contribution is 2.37. The summed E-state index contributed by atoms with van der Waals surface area (Å²) in [5, 5.41) is 0. The SMILES string of the molecule is CC1CCCC(C)(C)C1.Cc1oc(-c2ccccc2)nc1CN. The highest BCUT2D eigenvalue weighted by Gasteiger charge is 2.24. The molecule has 1 atom stereocenters. The van der Waals surface area contributed by atoms with Gasteiger partial charge in [0, 0.05) is 12.1 Å². The van der Waals surface area contributed by atoms with E-state index in [0.717, 1.165) is 22.9 Å². The van der Waals surface area contributed by atoms with Gasteiger partial charge in [-0.25, -0.2) is 4.98 Å². The van der Waals surface area contributed by atoms with Crippen LogP contribution in [0, 0.1) is 18.3 Å². The molecule has 1 fully saturated rings. The third kappa shape index (κ3) is 5.21. The molecule has 0 saturated heterocycles. The van der Waals surface area contributed by atoms with E-state index in [1.807, 2.05) is 37.3 Å². The second-order valence-corrected chi connectivity index (χ2v) is 7.46. The third-order valence-electron chi connectivity index (χ3n) is 4.56. The van der Waals surface area contributed by atoms with Crippen LogP contribution in [0.3, 0.4) is 0 Å². The highest BCUT2D eigenvalue weighted by atomic mass is 16.4. The average molecular weight is 314 g/mol. The normalized spacial score (nSPS) is 19.8. The lowest BCUT2D eigenvalue weighted by Crippen LogP contribution is -2.20. The molecule has 23 heavy (non-hydrogen) atoms. The number of rotatable bonds is 2. The van der Waals surface area contributed by atoms with Gasteiger partial charge in [-0.2, -0.15) is 0 Å². The Kier molecular flexibility index (Phi) is 6.00. The van der Waals surface area contributed by atoms with Crippen molar-refractivity contribution in [2.75, 3.05) is 0 Å². The summed E-state index contributed by atoms with van der Waals surface area (Å²) in [6.45, 7) is 9.45. The van der Waals surface area contributed by atoms with Crippen LogP contribution in [0.15, 0.2) is 34.7 Å². The zero-order valence-electron chi connectivity index (χ0n) is 14.9. The van der Waals surface area contributed by atoms with Crippen molar-refractivity contribution in [3.8, 4) is 11.5 Å². The molecule has 0 aliphatic heterocycles. The van der Waals surface area contributed by atoms with Gasteiger partial charge in [0.05, 0.1) is 5.69 Å². The number of aromatic nitrogens is 1. The molecular formula is C20H30N2O. The van der Waals surface area contributed by atoms with Gasteiger partial charge in [-0.3, -0.25) is 0 Å². The fraction of sp³-hybridized carbons (Fsp3) is 0.550. The van der Waals surface area contributed by atoms with Crippen LogP contribution in [0.1, 0.15) is 57.9 Å². The summed E-state index contributed by atoms with van der Waals surface area (Å²) in [5.41, 5.74) is 7.97. The molecule has 1 unspecified atom stereocenters. The Balaban J connectivity index is 0.000000185. The first kappa shape index (κ1) is 17.7. The molecule has 3 heteroatoms. The van der Waals surface area contributed by atoms with Gasteiger partial charge in [-0.15, -0.1) is 0 Å². The molecule has 126 valence electrons. The summed E-state index contributed by atoms with van der Waals surface area (Å²) in [6.07, 6.45) is 5.79.